The van der Waals surface area contributed by atoms with Crippen molar-refractivity contribution in [3.05, 3.63) is 42.2 Å². The van der Waals surface area contributed by atoms with Gasteiger partial charge < -0.3 is 19.9 Å². The van der Waals surface area contributed by atoms with Gasteiger partial charge in [-0.3, -0.25) is 0 Å². The maximum absolute atomic E-state index is 11.4. The number of likely N-dealkylation sites (tertiary alicyclic amines) is 1. The zero-order chi connectivity index (χ0) is 17.6. The van der Waals surface area contributed by atoms with Gasteiger partial charge in [0.15, 0.2) is 11.9 Å². The molecule has 2 atom stereocenters. The van der Waals surface area contributed by atoms with Gasteiger partial charge in [0.05, 0.1) is 0 Å². The predicted molar refractivity (Wildman–Crippen MR) is 94.8 cm³/mol. The van der Waals surface area contributed by atoms with Crippen LogP contribution in [0.15, 0.2) is 40.9 Å². The molecule has 0 saturated carbocycles. The van der Waals surface area contributed by atoms with Gasteiger partial charge in [0.25, 0.3) is 0 Å². The molecule has 2 N–H and O–H groups in total. The highest BCUT2D eigenvalue weighted by molar-refractivity contribution is 5.65. The molecule has 1 aliphatic heterocycles. The highest BCUT2D eigenvalue weighted by Crippen LogP contribution is 2.32. The molecule has 2 heterocycles. The smallest absolute Gasteiger partial charge is 0.405 e. The van der Waals surface area contributed by atoms with E-state index in [1.165, 1.54) is 12.8 Å². The molecule has 134 valence electrons. The number of aromatic nitrogens is 1. The first kappa shape index (κ1) is 17.5. The van der Waals surface area contributed by atoms with Crippen LogP contribution in [0.5, 0.6) is 0 Å². The van der Waals surface area contributed by atoms with Gasteiger partial charge in [-0.15, -0.1) is 0 Å². The normalized spacial score (nSPS) is 17.3. The molecule has 0 radical (unpaired) electrons. The number of ether oxygens (including phenoxy) is 1. The van der Waals surface area contributed by atoms with Crippen LogP contribution >= 0.6 is 0 Å². The van der Waals surface area contributed by atoms with Crippen LogP contribution in [0.1, 0.15) is 38.1 Å². The van der Waals surface area contributed by atoms with Crippen LogP contribution in [-0.4, -0.2) is 35.8 Å². The molecule has 1 aliphatic rings. The fourth-order valence-electron chi connectivity index (χ4n) is 3.42. The lowest BCUT2D eigenvalue weighted by Gasteiger charge is -2.27. The highest BCUT2D eigenvalue weighted by Gasteiger charge is 2.31. The Balaban J connectivity index is 1.81. The summed E-state index contributed by atoms with van der Waals surface area (Å²) in [6.45, 7) is 5.12. The van der Waals surface area contributed by atoms with Crippen LogP contribution in [0.2, 0.25) is 0 Å². The number of hydrogen-bond donors (Lipinski definition) is 1. The van der Waals surface area contributed by atoms with Crippen molar-refractivity contribution in [1.29, 1.82) is 0 Å². The van der Waals surface area contributed by atoms with E-state index in [1.54, 1.807) is 0 Å². The highest BCUT2D eigenvalue weighted by atomic mass is 16.6. The van der Waals surface area contributed by atoms with Gasteiger partial charge in [0.1, 0.15) is 5.69 Å². The summed E-state index contributed by atoms with van der Waals surface area (Å²) in [5, 5.41) is 4.14. The summed E-state index contributed by atoms with van der Waals surface area (Å²) in [6.07, 6.45) is 1.99. The van der Waals surface area contributed by atoms with Crippen LogP contribution in [0, 0.1) is 5.92 Å². The van der Waals surface area contributed by atoms with Crippen LogP contribution in [0.4, 0.5) is 4.79 Å². The number of nitrogens with two attached hydrogens (primary N) is 1. The minimum Gasteiger partial charge on any atom is -0.438 e. The molecular weight excluding hydrogens is 318 g/mol. The Morgan fingerprint density at radius 1 is 1.32 bits per heavy atom. The van der Waals surface area contributed by atoms with Crippen molar-refractivity contribution in [2.75, 3.05) is 19.6 Å². The SMILES string of the molecule is CC[C@H](CN1CCCC1)[C@@H](OC(N)=O)c1cc(-c2ccccc2)no1. The summed E-state index contributed by atoms with van der Waals surface area (Å²) < 4.78 is 11.0. The first-order valence-corrected chi connectivity index (χ1v) is 8.88. The van der Waals surface area contributed by atoms with Gasteiger partial charge in [-0.25, -0.2) is 4.79 Å². The Kier molecular flexibility index (Phi) is 5.71. The second kappa shape index (κ2) is 8.16. The Bertz CT molecular complexity index is 680. The lowest BCUT2D eigenvalue weighted by Crippen LogP contribution is -2.32. The minimum absolute atomic E-state index is 0.113. The molecule has 25 heavy (non-hydrogen) atoms. The van der Waals surface area contributed by atoms with Gasteiger partial charge in [0.2, 0.25) is 0 Å². The van der Waals surface area contributed by atoms with Gasteiger partial charge in [-0.05, 0) is 32.4 Å². The largest absolute Gasteiger partial charge is 0.438 e. The maximum atomic E-state index is 11.4. The topological polar surface area (TPSA) is 81.6 Å². The second-order valence-corrected chi connectivity index (χ2v) is 6.51. The number of hydrogen-bond acceptors (Lipinski definition) is 5. The van der Waals surface area contributed by atoms with E-state index >= 15 is 0 Å². The van der Waals surface area contributed by atoms with Crippen molar-refractivity contribution in [2.45, 2.75) is 32.3 Å². The monoisotopic (exact) mass is 343 g/mol. The maximum Gasteiger partial charge on any atom is 0.405 e. The van der Waals surface area contributed by atoms with E-state index in [0.29, 0.717) is 5.76 Å². The molecule has 6 heteroatoms. The molecule has 0 unspecified atom stereocenters. The van der Waals surface area contributed by atoms with Crippen molar-refractivity contribution in [3.63, 3.8) is 0 Å². The van der Waals surface area contributed by atoms with Gasteiger partial charge >= 0.3 is 6.09 Å². The van der Waals surface area contributed by atoms with E-state index in [2.05, 4.69) is 17.0 Å². The molecule has 1 fully saturated rings. The molecule has 2 aromatic rings. The molecule has 1 aromatic heterocycles. The lowest BCUT2D eigenvalue weighted by atomic mass is 9.96. The van der Waals surface area contributed by atoms with Crippen LogP contribution in [0.25, 0.3) is 11.3 Å². The molecular formula is C19H25N3O3. The zero-order valence-electron chi connectivity index (χ0n) is 14.6. The van der Waals surface area contributed by atoms with E-state index < -0.39 is 12.2 Å². The Morgan fingerprint density at radius 3 is 2.68 bits per heavy atom. The summed E-state index contributed by atoms with van der Waals surface area (Å²) in [5.41, 5.74) is 7.00. The Labute approximate surface area is 147 Å². The average Bonchev–Trinajstić information content (AvgIpc) is 3.30. The Morgan fingerprint density at radius 2 is 2.04 bits per heavy atom. The van der Waals surface area contributed by atoms with E-state index in [9.17, 15) is 4.79 Å². The third kappa shape index (κ3) is 4.39. The van der Waals surface area contributed by atoms with Crippen LogP contribution in [-0.2, 0) is 4.74 Å². The van der Waals surface area contributed by atoms with E-state index in [1.807, 2.05) is 36.4 Å². The predicted octanol–water partition coefficient (Wildman–Crippen LogP) is 3.60. The zero-order valence-corrected chi connectivity index (χ0v) is 14.6. The fourth-order valence-corrected chi connectivity index (χ4v) is 3.42. The third-order valence-corrected chi connectivity index (χ3v) is 4.77. The molecule has 0 aliphatic carbocycles. The quantitative estimate of drug-likeness (QED) is 0.830. The van der Waals surface area contributed by atoms with Gasteiger partial charge in [-0.1, -0.05) is 42.4 Å². The van der Waals surface area contributed by atoms with Crippen molar-refractivity contribution in [3.8, 4) is 11.3 Å². The van der Waals surface area contributed by atoms with Gasteiger partial charge in [0, 0.05) is 24.1 Å². The Hall–Kier alpha value is -2.34. The van der Waals surface area contributed by atoms with Crippen LogP contribution < -0.4 is 5.73 Å². The van der Waals surface area contributed by atoms with E-state index in [-0.39, 0.29) is 5.92 Å². The molecule has 3 rings (SSSR count). The summed E-state index contributed by atoms with van der Waals surface area (Å²) in [7, 11) is 0. The summed E-state index contributed by atoms with van der Waals surface area (Å²) in [4.78, 5) is 13.8. The molecule has 0 spiro atoms. The number of benzene rings is 1. The number of amides is 1. The molecule has 1 saturated heterocycles. The third-order valence-electron chi connectivity index (χ3n) is 4.77. The van der Waals surface area contributed by atoms with Crippen LogP contribution in [0.3, 0.4) is 0 Å². The van der Waals surface area contributed by atoms with Crippen molar-refractivity contribution in [1.82, 2.24) is 10.1 Å². The standard InChI is InChI=1S/C19H25N3O3/c1-2-14(13-22-10-6-7-11-22)18(24-19(20)23)17-12-16(21-25-17)15-8-4-3-5-9-15/h3-5,8-9,12,14,18H,2,6-7,10-11,13H2,1H3,(H2,20,23)/t14-,18-/m1/s1. The lowest BCUT2D eigenvalue weighted by molar-refractivity contribution is 0.0354. The summed E-state index contributed by atoms with van der Waals surface area (Å²) in [6, 6.07) is 11.6. The number of primary amides is 1. The van der Waals surface area contributed by atoms with Gasteiger partial charge in [-0.2, -0.15) is 0 Å². The summed E-state index contributed by atoms with van der Waals surface area (Å²) >= 11 is 0. The minimum atomic E-state index is -0.789. The number of nitrogens with zero attached hydrogens (tertiary/aromatic N) is 2. The van der Waals surface area contributed by atoms with Crippen molar-refractivity contribution >= 4 is 6.09 Å². The first-order valence-electron chi connectivity index (χ1n) is 8.88. The van der Waals surface area contributed by atoms with Crippen molar-refractivity contribution in [2.24, 2.45) is 11.7 Å². The molecule has 1 aromatic carbocycles. The molecule has 1 amide bonds. The fraction of sp³-hybridized carbons (Fsp3) is 0.474. The summed E-state index contributed by atoms with van der Waals surface area (Å²) in [5.74, 6) is 0.658. The average molecular weight is 343 g/mol. The van der Waals surface area contributed by atoms with E-state index in [4.69, 9.17) is 15.0 Å². The number of rotatable bonds is 7. The second-order valence-electron chi connectivity index (χ2n) is 6.51. The van der Waals surface area contributed by atoms with Crippen molar-refractivity contribution < 1.29 is 14.1 Å². The van der Waals surface area contributed by atoms with E-state index in [0.717, 1.165) is 37.3 Å². The number of carbonyl (C=O) groups is 1. The first-order chi connectivity index (χ1) is 12.2. The molecule has 0 bridgehead atoms. The molecule has 6 nitrogen and oxygen atoms in total. The number of carbonyl (C=O) groups excluding carboxylic acids is 1.